The predicted octanol–water partition coefficient (Wildman–Crippen LogP) is 6.85. The summed E-state index contributed by atoms with van der Waals surface area (Å²) in [6.07, 6.45) is -3.40. The van der Waals surface area contributed by atoms with Crippen LogP contribution < -0.4 is 9.50 Å². The van der Waals surface area contributed by atoms with Gasteiger partial charge in [0.2, 0.25) is 0 Å². The Labute approximate surface area is 221 Å². The van der Waals surface area contributed by atoms with Crippen LogP contribution in [0.25, 0.3) is 6.08 Å². The van der Waals surface area contributed by atoms with Crippen LogP contribution in [0, 0.1) is 18.3 Å². The fraction of sp³-hybridized carbons (Fsp3) is 0.0833. The van der Waals surface area contributed by atoms with Gasteiger partial charge in [-0.2, -0.15) is 26.9 Å². The highest BCUT2D eigenvalue weighted by atomic mass is 79.9. The SMILES string of the molecule is Cc1ccc(S(=O)(=O)Oc2c(Br)cc(/C=C(\C#N)C(=O)Nc3cccc(C(F)(F)F)c3)cc2Br)cc1. The number of hydrogen-bond acceptors (Lipinski definition) is 5. The number of nitrogens with zero attached hydrogens (tertiary/aromatic N) is 1. The fourth-order valence-corrected chi connectivity index (χ4v) is 5.45. The van der Waals surface area contributed by atoms with E-state index in [1.54, 1.807) is 18.2 Å². The maximum absolute atomic E-state index is 12.9. The third kappa shape index (κ3) is 6.75. The molecule has 0 aliphatic rings. The van der Waals surface area contributed by atoms with E-state index in [0.717, 1.165) is 23.8 Å². The van der Waals surface area contributed by atoms with Crippen LogP contribution in [0.4, 0.5) is 18.9 Å². The standard InChI is InChI=1S/C24H15Br2F3N2O4S/c1-14-5-7-19(8-6-14)36(33,34)35-22-20(25)10-15(11-21(22)26)9-16(13-30)23(32)31-18-4-2-3-17(12-18)24(27,28)29/h2-12H,1H3,(H,31,32)/b16-9+. The van der Waals surface area contributed by atoms with E-state index in [-0.39, 0.29) is 25.3 Å². The molecule has 6 nitrogen and oxygen atoms in total. The molecule has 0 unspecified atom stereocenters. The molecule has 0 bridgehead atoms. The van der Waals surface area contributed by atoms with E-state index in [2.05, 4.69) is 37.2 Å². The Hall–Kier alpha value is -3.14. The molecule has 1 amide bonds. The van der Waals surface area contributed by atoms with Crippen LogP contribution in [0.2, 0.25) is 0 Å². The van der Waals surface area contributed by atoms with Gasteiger partial charge in [0.25, 0.3) is 5.91 Å². The summed E-state index contributed by atoms with van der Waals surface area (Å²) in [6.45, 7) is 1.81. The van der Waals surface area contributed by atoms with Crippen molar-refractivity contribution in [1.82, 2.24) is 0 Å². The average molecular weight is 644 g/mol. The number of amides is 1. The summed E-state index contributed by atoms with van der Waals surface area (Å²) in [6, 6.07) is 14.6. The van der Waals surface area contributed by atoms with Gasteiger partial charge in [-0.3, -0.25) is 4.79 Å². The Bertz CT molecular complexity index is 1470. The van der Waals surface area contributed by atoms with E-state index in [1.165, 1.54) is 36.4 Å². The molecule has 0 aliphatic heterocycles. The highest BCUT2D eigenvalue weighted by molar-refractivity contribution is 9.11. The normalized spacial score (nSPS) is 12.1. The van der Waals surface area contributed by atoms with Gasteiger partial charge in [0, 0.05) is 5.69 Å². The summed E-state index contributed by atoms with van der Waals surface area (Å²) in [4.78, 5) is 12.5. The maximum Gasteiger partial charge on any atom is 0.416 e. The first kappa shape index (κ1) is 27.4. The van der Waals surface area contributed by atoms with Gasteiger partial charge in [-0.1, -0.05) is 23.8 Å². The number of nitriles is 1. The molecule has 3 aromatic rings. The molecule has 186 valence electrons. The molecule has 0 aliphatic carbocycles. The molecule has 0 aromatic heterocycles. The van der Waals surface area contributed by atoms with Crippen molar-refractivity contribution in [2.75, 3.05) is 5.32 Å². The average Bonchev–Trinajstić information content (AvgIpc) is 2.79. The van der Waals surface area contributed by atoms with Gasteiger partial charge in [0.15, 0.2) is 5.75 Å². The first-order valence-corrected chi connectivity index (χ1v) is 12.9. The molecular formula is C24H15Br2F3N2O4S. The zero-order valence-electron chi connectivity index (χ0n) is 18.2. The minimum Gasteiger partial charge on any atom is -0.377 e. The summed E-state index contributed by atoms with van der Waals surface area (Å²) in [5.74, 6) is -0.981. The van der Waals surface area contributed by atoms with Crippen LogP contribution in [-0.2, 0) is 21.1 Å². The molecule has 12 heteroatoms. The van der Waals surface area contributed by atoms with Gasteiger partial charge in [-0.25, -0.2) is 0 Å². The van der Waals surface area contributed by atoms with Crippen molar-refractivity contribution in [3.63, 3.8) is 0 Å². The molecule has 0 spiro atoms. The van der Waals surface area contributed by atoms with Crippen LogP contribution in [0.15, 0.2) is 80.1 Å². The minimum absolute atomic E-state index is 0.0473. The Morgan fingerprint density at radius 2 is 1.67 bits per heavy atom. The fourth-order valence-electron chi connectivity index (χ4n) is 2.89. The molecule has 0 saturated heterocycles. The van der Waals surface area contributed by atoms with Gasteiger partial charge in [0.1, 0.15) is 16.5 Å². The van der Waals surface area contributed by atoms with Crippen molar-refractivity contribution >= 4 is 59.6 Å². The smallest absolute Gasteiger partial charge is 0.377 e. The van der Waals surface area contributed by atoms with Gasteiger partial charge >= 0.3 is 16.3 Å². The van der Waals surface area contributed by atoms with Crippen molar-refractivity contribution in [3.8, 4) is 11.8 Å². The monoisotopic (exact) mass is 642 g/mol. The summed E-state index contributed by atoms with van der Waals surface area (Å²) >= 11 is 6.45. The van der Waals surface area contributed by atoms with E-state index in [0.29, 0.717) is 5.56 Å². The number of benzene rings is 3. The second-order valence-corrected chi connectivity index (χ2v) is 10.6. The summed E-state index contributed by atoms with van der Waals surface area (Å²) < 4.78 is 69.7. The summed E-state index contributed by atoms with van der Waals surface area (Å²) in [5, 5.41) is 11.7. The quantitative estimate of drug-likeness (QED) is 0.180. The lowest BCUT2D eigenvalue weighted by molar-refractivity contribution is -0.137. The Kier molecular flexibility index (Phi) is 8.28. The van der Waals surface area contributed by atoms with Crippen molar-refractivity contribution in [3.05, 3.63) is 91.9 Å². The number of carbonyl (C=O) groups is 1. The number of hydrogen-bond donors (Lipinski definition) is 1. The van der Waals surface area contributed by atoms with Crippen LogP contribution in [-0.4, -0.2) is 14.3 Å². The van der Waals surface area contributed by atoms with Crippen LogP contribution in [0.3, 0.4) is 0 Å². The lowest BCUT2D eigenvalue weighted by Crippen LogP contribution is -2.14. The predicted molar refractivity (Wildman–Crippen MR) is 134 cm³/mol. The number of anilines is 1. The first-order valence-electron chi connectivity index (χ1n) is 9.91. The minimum atomic E-state index is -4.59. The van der Waals surface area contributed by atoms with Crippen LogP contribution >= 0.6 is 31.9 Å². The largest absolute Gasteiger partial charge is 0.416 e. The van der Waals surface area contributed by atoms with Crippen LogP contribution in [0.1, 0.15) is 16.7 Å². The van der Waals surface area contributed by atoms with Crippen molar-refractivity contribution in [2.24, 2.45) is 0 Å². The third-order valence-electron chi connectivity index (χ3n) is 4.65. The zero-order valence-corrected chi connectivity index (χ0v) is 22.2. The van der Waals surface area contributed by atoms with Gasteiger partial charge in [-0.15, -0.1) is 0 Å². The second kappa shape index (κ2) is 10.9. The number of nitrogens with one attached hydrogen (secondary N) is 1. The highest BCUT2D eigenvalue weighted by Gasteiger charge is 2.30. The third-order valence-corrected chi connectivity index (χ3v) is 7.06. The number of rotatable bonds is 6. The molecule has 36 heavy (non-hydrogen) atoms. The second-order valence-electron chi connectivity index (χ2n) is 7.37. The van der Waals surface area contributed by atoms with E-state index in [4.69, 9.17) is 4.18 Å². The van der Waals surface area contributed by atoms with E-state index in [1.807, 2.05) is 6.92 Å². The molecule has 0 saturated carbocycles. The zero-order chi connectivity index (χ0) is 26.7. The lowest BCUT2D eigenvalue weighted by Gasteiger charge is -2.12. The Morgan fingerprint density at radius 3 is 2.22 bits per heavy atom. The summed E-state index contributed by atoms with van der Waals surface area (Å²) in [5.41, 5.74) is -0.301. The Morgan fingerprint density at radius 1 is 1.06 bits per heavy atom. The number of aryl methyl sites for hydroxylation is 1. The van der Waals surface area contributed by atoms with E-state index >= 15 is 0 Å². The topological polar surface area (TPSA) is 96.3 Å². The summed E-state index contributed by atoms with van der Waals surface area (Å²) in [7, 11) is -4.15. The number of halogens is 5. The molecule has 0 fully saturated rings. The number of alkyl halides is 3. The van der Waals surface area contributed by atoms with Crippen molar-refractivity contribution < 1.29 is 30.6 Å². The first-order chi connectivity index (χ1) is 16.8. The van der Waals surface area contributed by atoms with Crippen LogP contribution in [0.5, 0.6) is 5.75 Å². The van der Waals surface area contributed by atoms with Crippen molar-refractivity contribution in [1.29, 1.82) is 5.26 Å². The van der Waals surface area contributed by atoms with Gasteiger partial charge in [0.05, 0.1) is 14.5 Å². The Balaban J connectivity index is 1.85. The van der Waals surface area contributed by atoms with E-state index in [9.17, 15) is 31.6 Å². The van der Waals surface area contributed by atoms with E-state index < -0.39 is 33.3 Å². The van der Waals surface area contributed by atoms with Gasteiger partial charge in [-0.05, 0) is 92.9 Å². The molecule has 3 aromatic carbocycles. The molecule has 0 atom stereocenters. The van der Waals surface area contributed by atoms with Crippen molar-refractivity contribution in [2.45, 2.75) is 18.0 Å². The maximum atomic E-state index is 12.9. The molecule has 3 rings (SSSR count). The highest BCUT2D eigenvalue weighted by Crippen LogP contribution is 2.37. The van der Waals surface area contributed by atoms with Gasteiger partial charge < -0.3 is 9.50 Å². The molecule has 0 radical (unpaired) electrons. The lowest BCUT2D eigenvalue weighted by atomic mass is 10.1. The molecule has 1 N–H and O–H groups in total. The molecular weight excluding hydrogens is 629 g/mol. The number of carbonyl (C=O) groups excluding carboxylic acids is 1. The molecule has 0 heterocycles.